The molecule has 158 valence electrons. The van der Waals surface area contributed by atoms with Crippen LogP contribution in [0, 0.1) is 6.92 Å². The van der Waals surface area contributed by atoms with Crippen LogP contribution in [0.5, 0.6) is 0 Å². The van der Waals surface area contributed by atoms with Gasteiger partial charge in [-0.25, -0.2) is 4.57 Å². The van der Waals surface area contributed by atoms with Crippen LogP contribution in [0.2, 0.25) is 19.6 Å². The van der Waals surface area contributed by atoms with Gasteiger partial charge in [0, 0.05) is 18.6 Å². The van der Waals surface area contributed by atoms with Gasteiger partial charge in [-0.1, -0.05) is 87.2 Å². The minimum Gasteiger partial charge on any atom is -0.201 e. The monoisotopic (exact) mass is 425 g/mol. The molecule has 0 unspecified atom stereocenters. The van der Waals surface area contributed by atoms with Crippen LogP contribution in [0.4, 0.5) is 0 Å². The molecule has 0 fully saturated rings. The molecule has 1 heterocycles. The van der Waals surface area contributed by atoms with E-state index in [1.54, 1.807) is 0 Å². The normalized spacial score (nSPS) is 12.8. The third kappa shape index (κ3) is 4.22. The Morgan fingerprint density at radius 3 is 2.19 bits per heavy atom. The predicted octanol–water partition coefficient (Wildman–Crippen LogP) is 6.98. The predicted molar refractivity (Wildman–Crippen MR) is 138 cm³/mol. The molecule has 0 amide bonds. The third-order valence-corrected chi connectivity index (χ3v) is 8.29. The lowest BCUT2D eigenvalue weighted by Crippen LogP contribution is -2.37. The molecule has 0 N–H and O–H groups in total. The number of hydrogen-bond donors (Lipinski definition) is 0. The van der Waals surface area contributed by atoms with Gasteiger partial charge in [-0.15, -0.1) is 0 Å². The molecule has 0 spiro atoms. The highest BCUT2D eigenvalue weighted by Crippen LogP contribution is 2.33. The zero-order valence-corrected chi connectivity index (χ0v) is 20.9. The summed E-state index contributed by atoms with van der Waals surface area (Å²) < 4.78 is 11.0. The lowest BCUT2D eigenvalue weighted by Gasteiger charge is -2.18. The first kappa shape index (κ1) is 20.2. The summed E-state index contributed by atoms with van der Waals surface area (Å²) in [7, 11) is 0.736. The largest absolute Gasteiger partial charge is 0.213 e. The van der Waals surface area contributed by atoms with Gasteiger partial charge in [0.15, 0.2) is 6.20 Å². The summed E-state index contributed by atoms with van der Waals surface area (Å²) in [6.07, 6.45) is 2.14. The second-order valence-corrected chi connectivity index (χ2v) is 15.0. The molecule has 1 nitrogen and oxygen atoms in total. The Balaban J connectivity index is 1.94. The molecule has 2 heteroatoms. The van der Waals surface area contributed by atoms with Crippen LogP contribution in [0.15, 0.2) is 72.9 Å². The molecule has 0 aliphatic heterocycles. The smallest absolute Gasteiger partial charge is 0.201 e. The zero-order valence-electron chi connectivity index (χ0n) is 20.9. The summed E-state index contributed by atoms with van der Waals surface area (Å²) >= 11 is 0. The maximum Gasteiger partial charge on any atom is 0.213 e. The summed E-state index contributed by atoms with van der Waals surface area (Å²) in [4.78, 5) is 0. The van der Waals surface area contributed by atoms with Crippen molar-refractivity contribution in [3.8, 4) is 22.4 Å². The lowest BCUT2D eigenvalue weighted by molar-refractivity contribution is -0.660. The molecule has 0 atom stereocenters. The van der Waals surface area contributed by atoms with E-state index in [4.69, 9.17) is 1.37 Å². The van der Waals surface area contributed by atoms with Crippen LogP contribution in [0.3, 0.4) is 0 Å². The number of nitrogens with zero attached hydrogens (tertiary/aromatic N) is 1. The van der Waals surface area contributed by atoms with Crippen LogP contribution in [0.25, 0.3) is 33.2 Å². The summed E-state index contributed by atoms with van der Waals surface area (Å²) in [5.74, 6) is -0.700. The molecule has 0 bridgehead atoms. The Morgan fingerprint density at radius 1 is 0.839 bits per heavy atom. The molecular formula is C29H34NSi+. The van der Waals surface area contributed by atoms with Gasteiger partial charge >= 0.3 is 0 Å². The van der Waals surface area contributed by atoms with Crippen LogP contribution in [0.1, 0.15) is 32.2 Å². The highest BCUT2D eigenvalue weighted by molar-refractivity contribution is 6.88. The van der Waals surface area contributed by atoms with Gasteiger partial charge in [0.25, 0.3) is 0 Å². The van der Waals surface area contributed by atoms with E-state index in [2.05, 4.69) is 111 Å². The topological polar surface area (TPSA) is 3.88 Å². The molecule has 1 aromatic heterocycles. The fourth-order valence-corrected chi connectivity index (χ4v) is 5.47. The highest BCUT2D eigenvalue weighted by atomic mass is 28.3. The van der Waals surface area contributed by atoms with E-state index in [1.807, 2.05) is 13.8 Å². The molecule has 0 aliphatic rings. The molecule has 0 aliphatic carbocycles. The summed E-state index contributed by atoms with van der Waals surface area (Å²) in [6, 6.07) is 24.5. The van der Waals surface area contributed by atoms with E-state index in [0.29, 0.717) is 0 Å². The molecular weight excluding hydrogens is 390 g/mol. The van der Waals surface area contributed by atoms with Crippen molar-refractivity contribution in [2.24, 2.45) is 7.05 Å². The van der Waals surface area contributed by atoms with Crippen molar-refractivity contribution in [2.75, 3.05) is 0 Å². The number of benzene rings is 3. The van der Waals surface area contributed by atoms with E-state index < -0.39 is 14.0 Å². The molecule has 0 radical (unpaired) electrons. The third-order valence-electron chi connectivity index (χ3n) is 6.25. The Hall–Kier alpha value is -2.71. The van der Waals surface area contributed by atoms with Crippen molar-refractivity contribution in [1.82, 2.24) is 0 Å². The molecule has 4 aromatic rings. The number of hydrogen-bond acceptors (Lipinski definition) is 0. The van der Waals surface area contributed by atoms with Crippen molar-refractivity contribution < 1.29 is 5.94 Å². The summed E-state index contributed by atoms with van der Waals surface area (Å²) in [6.45, 7) is 13.3. The molecule has 0 saturated carbocycles. The van der Waals surface area contributed by atoms with E-state index >= 15 is 0 Å². The van der Waals surface area contributed by atoms with Gasteiger partial charge in [-0.05, 0) is 52.4 Å². The Morgan fingerprint density at radius 2 is 1.52 bits per heavy atom. The first-order valence-corrected chi connectivity index (χ1v) is 14.6. The van der Waals surface area contributed by atoms with Crippen LogP contribution < -0.4 is 9.75 Å². The second kappa shape index (κ2) is 8.09. The number of fused-ring (bicyclic) bond motifs is 1. The number of pyridine rings is 1. The van der Waals surface area contributed by atoms with Gasteiger partial charge in [-0.2, -0.15) is 0 Å². The Kier molecular flexibility index (Phi) is 5.27. The van der Waals surface area contributed by atoms with E-state index in [0.717, 1.165) is 11.1 Å². The van der Waals surface area contributed by atoms with Crippen molar-refractivity contribution in [1.29, 1.82) is 0 Å². The van der Waals surface area contributed by atoms with Crippen molar-refractivity contribution >= 4 is 24.0 Å². The standard InChI is InChI=1S/C29H34NSi/c1-20(2)28-19-30(4)29(26-11-9-8-10-21(26)3)18-27(28)24-13-12-23-17-25(31(5,6)7)15-14-22(23)16-24/h8-20H,1-7H3/q+1/i20D. The fraction of sp³-hybridized carbons (Fsp3) is 0.276. The first-order valence-electron chi connectivity index (χ1n) is 11.6. The zero-order chi connectivity index (χ0) is 23.3. The number of aromatic nitrogens is 1. The van der Waals surface area contributed by atoms with Gasteiger partial charge in [0.1, 0.15) is 7.05 Å². The van der Waals surface area contributed by atoms with Crippen molar-refractivity contribution in [3.05, 3.63) is 84.1 Å². The second-order valence-electron chi connectivity index (χ2n) is 9.94. The van der Waals surface area contributed by atoms with Crippen LogP contribution in [-0.4, -0.2) is 8.07 Å². The quantitative estimate of drug-likeness (QED) is 0.245. The fourth-order valence-electron chi connectivity index (χ4n) is 4.29. The highest BCUT2D eigenvalue weighted by Gasteiger charge is 2.21. The summed E-state index contributed by atoms with van der Waals surface area (Å²) in [5, 5.41) is 4.03. The SMILES string of the molecule is [2H]C(C)(C)c1c[n+](C)c(-c2ccccc2C)cc1-c1ccc2cc([Si](C)(C)C)ccc2c1. The van der Waals surface area contributed by atoms with Gasteiger partial charge in [-0.3, -0.25) is 0 Å². The van der Waals surface area contributed by atoms with E-state index in [9.17, 15) is 0 Å². The average molecular weight is 426 g/mol. The lowest BCUT2D eigenvalue weighted by atomic mass is 9.91. The molecule has 3 aromatic carbocycles. The Bertz CT molecular complexity index is 1310. The van der Waals surface area contributed by atoms with Crippen LogP contribution in [-0.2, 0) is 7.05 Å². The summed E-state index contributed by atoms with van der Waals surface area (Å²) in [5.41, 5.74) is 6.99. The Labute approximate surface area is 189 Å². The number of aryl methyl sites for hydroxylation is 2. The maximum atomic E-state index is 8.83. The average Bonchev–Trinajstić information content (AvgIpc) is 2.72. The maximum absolute atomic E-state index is 8.83. The van der Waals surface area contributed by atoms with E-state index in [-0.39, 0.29) is 0 Å². The molecule has 31 heavy (non-hydrogen) atoms. The minimum absolute atomic E-state index is 0.700. The van der Waals surface area contributed by atoms with Gasteiger partial charge in [0.05, 0.1) is 8.07 Å². The first-order chi connectivity index (χ1) is 14.9. The minimum atomic E-state index is -1.35. The number of rotatable bonds is 4. The van der Waals surface area contributed by atoms with E-state index in [1.165, 1.54) is 38.3 Å². The molecule has 0 saturated heterocycles. The van der Waals surface area contributed by atoms with Crippen molar-refractivity contribution in [3.63, 3.8) is 0 Å². The molecule has 4 rings (SSSR count). The van der Waals surface area contributed by atoms with Gasteiger partial charge in [0.2, 0.25) is 5.69 Å². The van der Waals surface area contributed by atoms with Crippen molar-refractivity contribution in [2.45, 2.75) is 46.3 Å². The van der Waals surface area contributed by atoms with Crippen LogP contribution >= 0.6 is 0 Å². The van der Waals surface area contributed by atoms with Gasteiger partial charge < -0.3 is 0 Å².